The second-order valence-electron chi connectivity index (χ2n) is 10.4. The monoisotopic (exact) mass is 541 g/mol. The molecule has 3 aromatic rings. The van der Waals surface area contributed by atoms with Crippen LogP contribution >= 0.6 is 0 Å². The Balaban J connectivity index is 1.63. The molecule has 1 aliphatic heterocycles. The van der Waals surface area contributed by atoms with Crippen molar-refractivity contribution in [2.45, 2.75) is 46.8 Å². The molecule has 0 unspecified atom stereocenters. The molecular weight excluding hydrogens is 506 g/mol. The van der Waals surface area contributed by atoms with Gasteiger partial charge in [-0.3, -0.25) is 4.79 Å². The maximum Gasteiger partial charge on any atom is 0.410 e. The highest BCUT2D eigenvalue weighted by atomic mass is 16.6. The zero-order valence-corrected chi connectivity index (χ0v) is 23.5. The molecule has 0 saturated heterocycles. The summed E-state index contributed by atoms with van der Waals surface area (Å²) in [6.07, 6.45) is -0.356. The minimum absolute atomic E-state index is 0.269. The molecule has 0 spiro atoms. The Kier molecular flexibility index (Phi) is 8.58. The maximum absolute atomic E-state index is 13.2. The van der Waals surface area contributed by atoms with Crippen molar-refractivity contribution in [2.24, 2.45) is 0 Å². The molecule has 3 aromatic carbocycles. The summed E-state index contributed by atoms with van der Waals surface area (Å²) in [5, 5.41) is 6.33. The molecule has 0 radical (unpaired) electrons. The van der Waals surface area contributed by atoms with Crippen LogP contribution in [0.3, 0.4) is 0 Å². The van der Waals surface area contributed by atoms with Gasteiger partial charge in [0, 0.05) is 24.3 Å². The van der Waals surface area contributed by atoms with Crippen molar-refractivity contribution in [1.29, 1.82) is 0 Å². The summed E-state index contributed by atoms with van der Waals surface area (Å²) in [5.74, 6) is -0.707. The molecule has 208 valence electrons. The number of hydrogen-bond donors (Lipinski definition) is 2. The second kappa shape index (κ2) is 12.1. The molecular formula is C32H35N3O5. The fourth-order valence-electron chi connectivity index (χ4n) is 4.34. The lowest BCUT2D eigenvalue weighted by molar-refractivity contribution is -0.110. The van der Waals surface area contributed by atoms with Crippen molar-refractivity contribution in [3.63, 3.8) is 0 Å². The summed E-state index contributed by atoms with van der Waals surface area (Å²) in [4.78, 5) is 39.7. The van der Waals surface area contributed by atoms with Gasteiger partial charge in [-0.15, -0.1) is 0 Å². The van der Waals surface area contributed by atoms with E-state index in [1.54, 1.807) is 30.0 Å². The Labute approximate surface area is 235 Å². The number of rotatable bonds is 8. The zero-order chi connectivity index (χ0) is 28.9. The van der Waals surface area contributed by atoms with E-state index in [1.807, 2.05) is 82.3 Å². The minimum Gasteiger partial charge on any atom is -0.462 e. The van der Waals surface area contributed by atoms with E-state index in [0.29, 0.717) is 41.2 Å². The zero-order valence-electron chi connectivity index (χ0n) is 23.5. The lowest BCUT2D eigenvalue weighted by Gasteiger charge is -2.26. The topological polar surface area (TPSA) is 97.0 Å². The number of carbonyl (C=O) groups is 3. The lowest BCUT2D eigenvalue weighted by atomic mass is 9.99. The molecule has 1 heterocycles. The highest BCUT2D eigenvalue weighted by Gasteiger charge is 2.29. The van der Waals surface area contributed by atoms with Crippen LogP contribution in [0.25, 0.3) is 11.3 Å². The first kappa shape index (κ1) is 28.4. The van der Waals surface area contributed by atoms with E-state index >= 15 is 0 Å². The first-order valence-electron chi connectivity index (χ1n) is 13.4. The highest BCUT2D eigenvalue weighted by Crippen LogP contribution is 2.38. The first-order chi connectivity index (χ1) is 19.1. The predicted molar refractivity (Wildman–Crippen MR) is 157 cm³/mol. The van der Waals surface area contributed by atoms with Gasteiger partial charge in [0.1, 0.15) is 5.60 Å². The van der Waals surface area contributed by atoms with Gasteiger partial charge in [0.2, 0.25) is 0 Å². The molecule has 0 aliphatic carbocycles. The van der Waals surface area contributed by atoms with Crippen molar-refractivity contribution < 1.29 is 23.9 Å². The van der Waals surface area contributed by atoms with E-state index in [-0.39, 0.29) is 18.6 Å². The summed E-state index contributed by atoms with van der Waals surface area (Å²) < 4.78 is 10.6. The largest absolute Gasteiger partial charge is 0.462 e. The molecule has 1 aliphatic rings. The summed E-state index contributed by atoms with van der Waals surface area (Å²) >= 11 is 0. The number of ether oxygens (including phenoxy) is 2. The molecule has 4 rings (SSSR count). The Morgan fingerprint density at radius 1 is 0.925 bits per heavy atom. The van der Waals surface area contributed by atoms with Gasteiger partial charge in [0.15, 0.2) is 0 Å². The van der Waals surface area contributed by atoms with E-state index in [0.717, 1.165) is 16.8 Å². The van der Waals surface area contributed by atoms with Crippen molar-refractivity contribution in [3.8, 4) is 0 Å². The van der Waals surface area contributed by atoms with E-state index in [4.69, 9.17) is 9.47 Å². The number of benzene rings is 3. The molecule has 0 aromatic heterocycles. The van der Waals surface area contributed by atoms with Gasteiger partial charge in [0.05, 0.1) is 29.1 Å². The van der Waals surface area contributed by atoms with Gasteiger partial charge in [-0.25, -0.2) is 9.59 Å². The van der Waals surface area contributed by atoms with Gasteiger partial charge < -0.3 is 25.0 Å². The standard InChI is InChI=1S/C32H35N3O5/c1-6-35(31(38)40-32(3,4)5)20-21-13-16-24(17-14-21)33-28(22-11-9-8-10-12-22)27-25-18-15-23(30(37)39-7-2)19-26(25)34-29(27)36/h8-19,33H,6-7,20H2,1-5H3,(H,34,36)/b28-27-. The number of esters is 1. The first-order valence-corrected chi connectivity index (χ1v) is 13.4. The molecule has 8 heteroatoms. The van der Waals surface area contributed by atoms with Gasteiger partial charge >= 0.3 is 12.1 Å². The number of anilines is 2. The van der Waals surface area contributed by atoms with Gasteiger partial charge in [-0.1, -0.05) is 48.5 Å². The fourth-order valence-corrected chi connectivity index (χ4v) is 4.34. The van der Waals surface area contributed by atoms with Crippen LogP contribution in [0.2, 0.25) is 0 Å². The Morgan fingerprint density at radius 2 is 1.62 bits per heavy atom. The molecule has 0 atom stereocenters. The van der Waals surface area contributed by atoms with Crippen molar-refractivity contribution in [1.82, 2.24) is 4.90 Å². The van der Waals surface area contributed by atoms with E-state index in [1.165, 1.54) is 0 Å². The van der Waals surface area contributed by atoms with Crippen LogP contribution < -0.4 is 10.6 Å². The number of amides is 2. The van der Waals surface area contributed by atoms with Crippen LogP contribution in [0.1, 0.15) is 61.7 Å². The Bertz CT molecular complexity index is 1420. The Hall–Kier alpha value is -4.59. The quantitative estimate of drug-likeness (QED) is 0.248. The van der Waals surface area contributed by atoms with Crippen molar-refractivity contribution in [2.75, 3.05) is 23.8 Å². The van der Waals surface area contributed by atoms with E-state index < -0.39 is 11.6 Å². The van der Waals surface area contributed by atoms with Crippen LogP contribution in [0.5, 0.6) is 0 Å². The van der Waals surface area contributed by atoms with Crippen LogP contribution in [0, 0.1) is 0 Å². The molecule has 2 N–H and O–H groups in total. The number of nitrogens with one attached hydrogen (secondary N) is 2. The third-order valence-corrected chi connectivity index (χ3v) is 6.22. The van der Waals surface area contributed by atoms with Gasteiger partial charge in [0.25, 0.3) is 5.91 Å². The molecule has 0 fully saturated rings. The van der Waals surface area contributed by atoms with E-state index in [9.17, 15) is 14.4 Å². The number of nitrogens with zero attached hydrogens (tertiary/aromatic N) is 1. The van der Waals surface area contributed by atoms with Crippen molar-refractivity contribution >= 4 is 40.6 Å². The summed E-state index contributed by atoms with van der Waals surface area (Å²) in [6.45, 7) is 10.4. The SMILES string of the molecule is CCOC(=O)c1ccc2c(c1)NC(=O)/C2=C(\Nc1ccc(CN(CC)C(=O)OC(C)(C)C)cc1)c1ccccc1. The molecule has 0 bridgehead atoms. The lowest BCUT2D eigenvalue weighted by Crippen LogP contribution is -2.36. The third-order valence-electron chi connectivity index (χ3n) is 6.22. The number of hydrogen-bond acceptors (Lipinski definition) is 6. The van der Waals surface area contributed by atoms with Crippen LogP contribution in [-0.2, 0) is 20.8 Å². The molecule has 40 heavy (non-hydrogen) atoms. The summed E-state index contributed by atoms with van der Waals surface area (Å²) in [6, 6.07) is 22.4. The Morgan fingerprint density at radius 3 is 2.25 bits per heavy atom. The van der Waals surface area contributed by atoms with Crippen LogP contribution in [0.15, 0.2) is 72.8 Å². The average molecular weight is 542 g/mol. The minimum atomic E-state index is -0.564. The predicted octanol–water partition coefficient (Wildman–Crippen LogP) is 6.55. The molecule has 2 amide bonds. The smallest absolute Gasteiger partial charge is 0.410 e. The summed E-state index contributed by atoms with van der Waals surface area (Å²) in [7, 11) is 0. The molecule has 0 saturated carbocycles. The maximum atomic E-state index is 13.2. The van der Waals surface area contributed by atoms with Crippen molar-refractivity contribution in [3.05, 3.63) is 95.1 Å². The average Bonchev–Trinajstić information content (AvgIpc) is 3.25. The molecule has 8 nitrogen and oxygen atoms in total. The number of fused-ring (bicyclic) bond motifs is 1. The highest BCUT2D eigenvalue weighted by molar-refractivity contribution is 6.37. The number of carbonyl (C=O) groups excluding carboxylic acids is 3. The fraction of sp³-hybridized carbons (Fsp3) is 0.281. The van der Waals surface area contributed by atoms with E-state index in [2.05, 4.69) is 10.6 Å². The van der Waals surface area contributed by atoms with Gasteiger partial charge in [-0.2, -0.15) is 0 Å². The van der Waals surface area contributed by atoms with Crippen LogP contribution in [-0.4, -0.2) is 41.6 Å². The second-order valence-corrected chi connectivity index (χ2v) is 10.4. The summed E-state index contributed by atoms with van der Waals surface area (Å²) in [5.41, 5.74) is 4.73. The van der Waals surface area contributed by atoms with Gasteiger partial charge in [-0.05, 0) is 70.0 Å². The van der Waals surface area contributed by atoms with Crippen LogP contribution in [0.4, 0.5) is 16.2 Å². The normalized spacial score (nSPS) is 13.7. The third kappa shape index (κ3) is 6.69.